The number of nitrogens with zero attached hydrogens (tertiary/aromatic N) is 2. The molecule has 0 amide bonds. The first kappa shape index (κ1) is 14.0. The van der Waals surface area contributed by atoms with E-state index in [2.05, 4.69) is 10.2 Å². The van der Waals surface area contributed by atoms with Gasteiger partial charge in [-0.25, -0.2) is 13.2 Å². The predicted octanol–water partition coefficient (Wildman–Crippen LogP) is 1.06. The Hall–Kier alpha value is -1.41. The van der Waals surface area contributed by atoms with Gasteiger partial charge in [0.15, 0.2) is 5.03 Å². The van der Waals surface area contributed by atoms with Crippen LogP contribution in [-0.4, -0.2) is 47.1 Å². The van der Waals surface area contributed by atoms with Crippen LogP contribution in [0.15, 0.2) is 11.2 Å². The fraction of sp³-hybridized carbons (Fsp3) is 0.636. The zero-order chi connectivity index (χ0) is 14.0. The van der Waals surface area contributed by atoms with Crippen LogP contribution in [0.2, 0.25) is 0 Å². The standard InChI is InChI=1S/C11H17N3O4S/c1-14(8-5-3-2-4-6-8)19(17,18)10-9(11(15)16)7-12-13-10/h7-8H,2-6H2,1H3,(H,12,13)(H,15,16). The van der Waals surface area contributed by atoms with Crippen LogP contribution >= 0.6 is 0 Å². The summed E-state index contributed by atoms with van der Waals surface area (Å²) in [4.78, 5) is 11.0. The summed E-state index contributed by atoms with van der Waals surface area (Å²) in [5.41, 5.74) is -0.317. The molecule has 1 fully saturated rings. The lowest BCUT2D eigenvalue weighted by atomic mass is 9.96. The average Bonchev–Trinajstić information content (AvgIpc) is 2.89. The lowest BCUT2D eigenvalue weighted by Crippen LogP contribution is -2.38. The third-order valence-electron chi connectivity index (χ3n) is 3.56. The number of nitrogens with one attached hydrogen (secondary N) is 1. The molecule has 0 bridgehead atoms. The number of hydrogen-bond acceptors (Lipinski definition) is 4. The molecule has 19 heavy (non-hydrogen) atoms. The molecule has 7 nitrogen and oxygen atoms in total. The van der Waals surface area contributed by atoms with Gasteiger partial charge in [0.1, 0.15) is 5.56 Å². The number of rotatable bonds is 4. The third-order valence-corrected chi connectivity index (χ3v) is 5.44. The number of hydrogen-bond donors (Lipinski definition) is 2. The smallest absolute Gasteiger partial charge is 0.340 e. The largest absolute Gasteiger partial charge is 0.478 e. The molecule has 1 heterocycles. The SMILES string of the molecule is CN(C1CCCCC1)S(=O)(=O)c1[nH]ncc1C(=O)O. The number of carboxylic acids is 1. The molecule has 0 spiro atoms. The van der Waals surface area contributed by atoms with Gasteiger partial charge < -0.3 is 5.11 Å². The summed E-state index contributed by atoms with van der Waals surface area (Å²) in [5, 5.41) is 14.4. The van der Waals surface area contributed by atoms with E-state index in [0.717, 1.165) is 38.3 Å². The highest BCUT2D eigenvalue weighted by molar-refractivity contribution is 7.89. The maximum Gasteiger partial charge on any atom is 0.340 e. The number of carboxylic acid groups (broad SMARTS) is 1. The molecule has 2 N–H and O–H groups in total. The maximum atomic E-state index is 12.4. The van der Waals surface area contributed by atoms with Crippen molar-refractivity contribution in [1.82, 2.24) is 14.5 Å². The second-order valence-corrected chi connectivity index (χ2v) is 6.67. The summed E-state index contributed by atoms with van der Waals surface area (Å²) >= 11 is 0. The predicted molar refractivity (Wildman–Crippen MR) is 67.4 cm³/mol. The topological polar surface area (TPSA) is 103 Å². The highest BCUT2D eigenvalue weighted by Crippen LogP contribution is 2.26. The molecule has 0 aliphatic heterocycles. The molecular weight excluding hydrogens is 270 g/mol. The van der Waals surface area contributed by atoms with Crippen LogP contribution in [-0.2, 0) is 10.0 Å². The molecule has 106 valence electrons. The Kier molecular flexibility index (Phi) is 3.91. The van der Waals surface area contributed by atoms with Crippen molar-refractivity contribution in [2.24, 2.45) is 0 Å². The van der Waals surface area contributed by atoms with E-state index in [-0.39, 0.29) is 16.6 Å². The van der Waals surface area contributed by atoms with E-state index in [1.54, 1.807) is 0 Å². The molecule has 1 aliphatic carbocycles. The van der Waals surface area contributed by atoms with E-state index in [0.29, 0.717) is 0 Å². The van der Waals surface area contributed by atoms with Crippen LogP contribution in [0, 0.1) is 0 Å². The second-order valence-electron chi connectivity index (χ2n) is 4.73. The fourth-order valence-corrected chi connectivity index (χ4v) is 3.89. The maximum absolute atomic E-state index is 12.4. The summed E-state index contributed by atoms with van der Waals surface area (Å²) in [6.07, 6.45) is 5.76. The van der Waals surface area contributed by atoms with E-state index in [1.807, 2.05) is 0 Å². The Balaban J connectivity index is 2.30. The minimum atomic E-state index is -3.84. The van der Waals surface area contributed by atoms with Crippen molar-refractivity contribution < 1.29 is 18.3 Å². The molecule has 0 atom stereocenters. The van der Waals surface area contributed by atoms with Crippen LogP contribution in [0.1, 0.15) is 42.5 Å². The molecule has 2 rings (SSSR count). The van der Waals surface area contributed by atoms with Crippen molar-refractivity contribution in [3.63, 3.8) is 0 Å². The fourth-order valence-electron chi connectivity index (χ4n) is 2.41. The first-order valence-corrected chi connectivity index (χ1v) is 7.63. The Bertz CT molecular complexity index is 560. The molecule has 0 unspecified atom stereocenters. The number of aromatic carboxylic acids is 1. The van der Waals surface area contributed by atoms with Gasteiger partial charge in [0, 0.05) is 13.1 Å². The van der Waals surface area contributed by atoms with E-state index in [9.17, 15) is 13.2 Å². The number of aromatic nitrogens is 2. The molecule has 0 radical (unpaired) electrons. The second kappa shape index (κ2) is 5.30. The number of aromatic amines is 1. The molecule has 0 aromatic carbocycles. The average molecular weight is 287 g/mol. The lowest BCUT2D eigenvalue weighted by Gasteiger charge is -2.29. The lowest BCUT2D eigenvalue weighted by molar-refractivity contribution is 0.0692. The molecule has 1 saturated carbocycles. The monoisotopic (exact) mass is 287 g/mol. The Labute approximate surface area is 111 Å². The van der Waals surface area contributed by atoms with Gasteiger partial charge in [-0.2, -0.15) is 9.40 Å². The summed E-state index contributed by atoms with van der Waals surface area (Å²) in [6.45, 7) is 0. The normalized spacial score (nSPS) is 17.8. The van der Waals surface area contributed by atoms with Gasteiger partial charge in [0.05, 0.1) is 6.20 Å². The van der Waals surface area contributed by atoms with Gasteiger partial charge in [-0.15, -0.1) is 0 Å². The minimum absolute atomic E-state index is 0.0660. The zero-order valence-electron chi connectivity index (χ0n) is 10.7. The van der Waals surface area contributed by atoms with E-state index in [1.165, 1.54) is 11.4 Å². The Morgan fingerprint density at radius 3 is 2.63 bits per heavy atom. The van der Waals surface area contributed by atoms with Crippen LogP contribution < -0.4 is 0 Å². The van der Waals surface area contributed by atoms with E-state index in [4.69, 9.17) is 5.11 Å². The number of sulfonamides is 1. The number of carbonyl (C=O) groups is 1. The Morgan fingerprint density at radius 2 is 2.05 bits per heavy atom. The summed E-state index contributed by atoms with van der Waals surface area (Å²) < 4.78 is 26.1. The quantitative estimate of drug-likeness (QED) is 0.861. The van der Waals surface area contributed by atoms with Crippen molar-refractivity contribution in [2.75, 3.05) is 7.05 Å². The van der Waals surface area contributed by atoms with Crippen molar-refractivity contribution in [3.8, 4) is 0 Å². The van der Waals surface area contributed by atoms with Gasteiger partial charge in [0.25, 0.3) is 10.0 Å². The van der Waals surface area contributed by atoms with E-state index >= 15 is 0 Å². The summed E-state index contributed by atoms with van der Waals surface area (Å²) in [6, 6.07) is -0.0660. The van der Waals surface area contributed by atoms with Gasteiger partial charge in [-0.3, -0.25) is 5.10 Å². The van der Waals surface area contributed by atoms with Gasteiger partial charge in [-0.05, 0) is 12.8 Å². The summed E-state index contributed by atoms with van der Waals surface area (Å²) in [5.74, 6) is -1.30. The van der Waals surface area contributed by atoms with Crippen molar-refractivity contribution in [3.05, 3.63) is 11.8 Å². The number of H-pyrrole nitrogens is 1. The Morgan fingerprint density at radius 1 is 1.42 bits per heavy atom. The van der Waals surface area contributed by atoms with Gasteiger partial charge >= 0.3 is 5.97 Å². The van der Waals surface area contributed by atoms with E-state index < -0.39 is 16.0 Å². The van der Waals surface area contributed by atoms with Gasteiger partial charge in [-0.1, -0.05) is 19.3 Å². The van der Waals surface area contributed by atoms with Crippen LogP contribution in [0.4, 0.5) is 0 Å². The minimum Gasteiger partial charge on any atom is -0.478 e. The highest BCUT2D eigenvalue weighted by Gasteiger charge is 2.33. The molecule has 1 aromatic rings. The molecule has 1 aliphatic rings. The molecular formula is C11H17N3O4S. The molecule has 8 heteroatoms. The molecule has 0 saturated heterocycles. The van der Waals surface area contributed by atoms with Gasteiger partial charge in [0.2, 0.25) is 0 Å². The van der Waals surface area contributed by atoms with Crippen molar-refractivity contribution >= 4 is 16.0 Å². The van der Waals surface area contributed by atoms with Crippen LogP contribution in [0.25, 0.3) is 0 Å². The van der Waals surface area contributed by atoms with Crippen molar-refractivity contribution in [2.45, 2.75) is 43.2 Å². The first-order chi connectivity index (χ1) is 8.94. The first-order valence-electron chi connectivity index (χ1n) is 6.19. The summed E-state index contributed by atoms with van der Waals surface area (Å²) in [7, 11) is -2.34. The molecule has 1 aromatic heterocycles. The zero-order valence-corrected chi connectivity index (χ0v) is 11.5. The van der Waals surface area contributed by atoms with Crippen molar-refractivity contribution in [1.29, 1.82) is 0 Å². The van der Waals surface area contributed by atoms with Crippen LogP contribution in [0.5, 0.6) is 0 Å². The third kappa shape index (κ3) is 2.64. The van der Waals surface area contributed by atoms with Crippen LogP contribution in [0.3, 0.4) is 0 Å². The highest BCUT2D eigenvalue weighted by atomic mass is 32.2.